The molecule has 3 aliphatic rings. The highest BCUT2D eigenvalue weighted by atomic mass is 16.5. The molecule has 1 amide bonds. The zero-order valence-electron chi connectivity index (χ0n) is 22.8. The zero-order chi connectivity index (χ0) is 27.5. The van der Waals surface area contributed by atoms with Crippen molar-refractivity contribution in [2.24, 2.45) is 10.7 Å². The number of nitrogens with two attached hydrogens (primary N) is 1. The van der Waals surface area contributed by atoms with Gasteiger partial charge in [0, 0.05) is 63.4 Å². The summed E-state index contributed by atoms with van der Waals surface area (Å²) in [6, 6.07) is 7.65. The Labute approximate surface area is 232 Å². The van der Waals surface area contributed by atoms with Gasteiger partial charge in [0.05, 0.1) is 32.5 Å². The first-order chi connectivity index (χ1) is 19.6. The van der Waals surface area contributed by atoms with Crippen LogP contribution in [-0.4, -0.2) is 97.6 Å². The number of carbonyl (C=O) groups is 1. The second-order valence-electron chi connectivity index (χ2n) is 10.3. The van der Waals surface area contributed by atoms with E-state index in [9.17, 15) is 4.79 Å². The topological polar surface area (TPSA) is 132 Å². The van der Waals surface area contributed by atoms with E-state index in [1.165, 1.54) is 0 Å². The average Bonchev–Trinajstić information content (AvgIpc) is 3.66. The van der Waals surface area contributed by atoms with E-state index in [4.69, 9.17) is 24.9 Å². The first-order valence-electron chi connectivity index (χ1n) is 13.9. The minimum Gasteiger partial charge on any atom is -0.491 e. The second kappa shape index (κ2) is 11.8. The van der Waals surface area contributed by atoms with Gasteiger partial charge in [-0.05, 0) is 37.1 Å². The van der Waals surface area contributed by atoms with Gasteiger partial charge in [0.2, 0.25) is 5.62 Å². The molecule has 40 heavy (non-hydrogen) atoms. The molecule has 0 radical (unpaired) electrons. The Morgan fingerprint density at radius 3 is 2.83 bits per heavy atom. The van der Waals surface area contributed by atoms with Crippen molar-refractivity contribution in [2.45, 2.75) is 25.4 Å². The molecular formula is C28H36N8O4. The minimum atomic E-state index is -0.403. The number of hydrogen-bond donors (Lipinski definition) is 2. The number of fused-ring (bicyclic) bond motifs is 3. The van der Waals surface area contributed by atoms with Crippen molar-refractivity contribution in [3.63, 3.8) is 0 Å². The lowest BCUT2D eigenvalue weighted by molar-refractivity contribution is 0.0357. The van der Waals surface area contributed by atoms with E-state index in [0.29, 0.717) is 47.9 Å². The number of nitrogens with one attached hydrogen (secondary N) is 1. The van der Waals surface area contributed by atoms with Gasteiger partial charge in [-0.3, -0.25) is 14.3 Å². The Balaban J connectivity index is 1.25. The van der Waals surface area contributed by atoms with E-state index in [-0.39, 0.29) is 6.04 Å². The van der Waals surface area contributed by atoms with Crippen molar-refractivity contribution in [1.29, 1.82) is 0 Å². The lowest BCUT2D eigenvalue weighted by Crippen LogP contribution is -2.37. The molecule has 2 saturated heterocycles. The highest BCUT2D eigenvalue weighted by Gasteiger charge is 2.22. The predicted octanol–water partition coefficient (Wildman–Crippen LogP) is 1.25. The third kappa shape index (κ3) is 5.47. The van der Waals surface area contributed by atoms with Crippen molar-refractivity contribution in [1.82, 2.24) is 19.4 Å². The minimum absolute atomic E-state index is 0.155. The van der Waals surface area contributed by atoms with E-state index < -0.39 is 5.91 Å². The predicted molar refractivity (Wildman–Crippen MR) is 151 cm³/mol. The molecular weight excluding hydrogens is 512 g/mol. The van der Waals surface area contributed by atoms with Gasteiger partial charge in [0.25, 0.3) is 5.91 Å². The molecule has 0 aliphatic carbocycles. The van der Waals surface area contributed by atoms with Crippen molar-refractivity contribution < 1.29 is 19.0 Å². The molecule has 0 bridgehead atoms. The molecule has 2 fully saturated rings. The molecule has 212 valence electrons. The Morgan fingerprint density at radius 1 is 1.20 bits per heavy atom. The Morgan fingerprint density at radius 2 is 2.08 bits per heavy atom. The third-order valence-electron chi connectivity index (χ3n) is 7.63. The van der Waals surface area contributed by atoms with Gasteiger partial charge in [-0.25, -0.2) is 9.97 Å². The van der Waals surface area contributed by atoms with Crippen molar-refractivity contribution in [3.8, 4) is 11.5 Å². The van der Waals surface area contributed by atoms with Crippen LogP contribution in [0.25, 0.3) is 10.9 Å². The summed E-state index contributed by atoms with van der Waals surface area (Å²) in [5, 5.41) is 4.30. The maximum Gasteiger partial charge on any atom is 0.281 e. The van der Waals surface area contributed by atoms with Crippen molar-refractivity contribution in [2.75, 3.05) is 76.4 Å². The van der Waals surface area contributed by atoms with Gasteiger partial charge in [0.15, 0.2) is 11.5 Å². The average molecular weight is 549 g/mol. The van der Waals surface area contributed by atoms with Gasteiger partial charge in [0.1, 0.15) is 17.2 Å². The highest BCUT2D eigenvalue weighted by Crippen LogP contribution is 2.37. The maximum absolute atomic E-state index is 13.2. The van der Waals surface area contributed by atoms with Crippen LogP contribution in [0.2, 0.25) is 0 Å². The number of nitrogens with zero attached hydrogens (tertiary/aromatic N) is 6. The summed E-state index contributed by atoms with van der Waals surface area (Å²) >= 11 is 0. The number of anilines is 2. The summed E-state index contributed by atoms with van der Waals surface area (Å²) in [6.45, 7) is 7.99. The zero-order valence-corrected chi connectivity index (χ0v) is 22.8. The Kier molecular flexibility index (Phi) is 7.80. The number of carbonyl (C=O) groups excluding carboxylic acids is 1. The van der Waals surface area contributed by atoms with E-state index in [1.54, 1.807) is 19.4 Å². The molecule has 1 atom stereocenters. The maximum atomic E-state index is 13.2. The normalized spacial score (nSPS) is 19.6. The van der Waals surface area contributed by atoms with Crippen LogP contribution in [0, 0.1) is 0 Å². The van der Waals surface area contributed by atoms with Crippen LogP contribution in [0.5, 0.6) is 11.5 Å². The first-order valence-corrected chi connectivity index (χ1v) is 13.9. The molecule has 5 heterocycles. The number of pyridine rings is 1. The Bertz CT molecular complexity index is 1430. The van der Waals surface area contributed by atoms with Crippen LogP contribution in [0.4, 0.5) is 11.6 Å². The molecule has 6 rings (SSSR count). The number of methoxy groups -OCH3 is 1. The summed E-state index contributed by atoms with van der Waals surface area (Å²) in [7, 11) is 1.60. The van der Waals surface area contributed by atoms with Crippen LogP contribution in [-0.2, 0) is 11.3 Å². The summed E-state index contributed by atoms with van der Waals surface area (Å²) in [5.41, 5.74) is 7.34. The molecule has 12 nitrogen and oxygen atoms in total. The fourth-order valence-electron chi connectivity index (χ4n) is 5.49. The molecule has 3 N–H and O–H groups in total. The number of ether oxygens (including phenoxy) is 3. The molecule has 2 aromatic heterocycles. The lowest BCUT2D eigenvalue weighted by Gasteiger charge is -2.26. The summed E-state index contributed by atoms with van der Waals surface area (Å²) < 4.78 is 19.3. The summed E-state index contributed by atoms with van der Waals surface area (Å²) in [4.78, 5) is 31.4. The number of amides is 1. The van der Waals surface area contributed by atoms with Crippen LogP contribution in [0.3, 0.4) is 0 Å². The quantitative estimate of drug-likeness (QED) is 0.396. The molecule has 0 unspecified atom stereocenters. The van der Waals surface area contributed by atoms with Crippen LogP contribution < -0.4 is 31.0 Å². The standard InChI is InChI=1S/C28H36N8O4/c1-38-25-22(40-14-2-9-34-12-15-39-16-13-34)5-4-21-24(25)32-28(36-11-8-30-26(21)36)33-27(37)19-3-6-23(31-17-19)35-10-7-20(29)18-35/h3-6,17,20,30H,2,7-16,18,29H2,1H3/t20-/m0/s1. The van der Waals surface area contributed by atoms with Crippen LogP contribution in [0.15, 0.2) is 35.5 Å². The SMILES string of the molecule is COc1c(OCCCN2CCOCC2)ccc2c3n(c(=NC(=O)c4ccc(N5CC[C@H](N)C5)nc4)nc12)CCN3. The van der Waals surface area contributed by atoms with Crippen molar-refractivity contribution >= 4 is 28.4 Å². The van der Waals surface area contributed by atoms with Crippen LogP contribution >= 0.6 is 0 Å². The second-order valence-corrected chi connectivity index (χ2v) is 10.3. The van der Waals surface area contributed by atoms with Gasteiger partial charge in [-0.2, -0.15) is 4.99 Å². The number of benzene rings is 1. The van der Waals surface area contributed by atoms with Gasteiger partial charge in [-0.1, -0.05) is 0 Å². The lowest BCUT2D eigenvalue weighted by atomic mass is 10.2. The highest BCUT2D eigenvalue weighted by molar-refractivity contribution is 5.96. The number of morpholine rings is 1. The van der Waals surface area contributed by atoms with Gasteiger partial charge < -0.3 is 30.2 Å². The van der Waals surface area contributed by atoms with E-state index >= 15 is 0 Å². The molecule has 0 saturated carbocycles. The molecule has 3 aliphatic heterocycles. The fraction of sp³-hybridized carbons (Fsp3) is 0.500. The van der Waals surface area contributed by atoms with E-state index in [1.807, 2.05) is 22.8 Å². The smallest absolute Gasteiger partial charge is 0.281 e. The summed E-state index contributed by atoms with van der Waals surface area (Å²) in [6.07, 6.45) is 3.40. The van der Waals surface area contributed by atoms with Gasteiger partial charge in [-0.15, -0.1) is 0 Å². The first kappa shape index (κ1) is 26.5. The van der Waals surface area contributed by atoms with Crippen molar-refractivity contribution in [3.05, 3.63) is 41.6 Å². The number of aromatic nitrogens is 3. The number of hydrogen-bond acceptors (Lipinski definition) is 10. The monoisotopic (exact) mass is 548 g/mol. The molecule has 0 spiro atoms. The van der Waals surface area contributed by atoms with E-state index in [0.717, 1.165) is 75.8 Å². The molecule has 1 aromatic carbocycles. The van der Waals surface area contributed by atoms with E-state index in [2.05, 4.69) is 25.1 Å². The fourth-order valence-corrected chi connectivity index (χ4v) is 5.49. The third-order valence-corrected chi connectivity index (χ3v) is 7.63. The largest absolute Gasteiger partial charge is 0.491 e. The summed E-state index contributed by atoms with van der Waals surface area (Å²) in [5.74, 6) is 2.41. The number of rotatable bonds is 8. The molecule has 12 heteroatoms. The van der Waals surface area contributed by atoms with Crippen LogP contribution in [0.1, 0.15) is 23.2 Å². The molecule has 3 aromatic rings. The van der Waals surface area contributed by atoms with Gasteiger partial charge >= 0.3 is 0 Å². The Hall–Kier alpha value is -3.74.